The van der Waals surface area contributed by atoms with Crippen LogP contribution in [-0.4, -0.2) is 41.3 Å². The zero-order valence-corrected chi connectivity index (χ0v) is 15.3. The summed E-state index contributed by atoms with van der Waals surface area (Å²) in [7, 11) is -3.53. The van der Waals surface area contributed by atoms with Crippen LogP contribution in [0, 0.1) is 0 Å². The van der Waals surface area contributed by atoms with Crippen LogP contribution in [0.3, 0.4) is 0 Å². The van der Waals surface area contributed by atoms with Gasteiger partial charge in [-0.05, 0) is 19.1 Å². The molecule has 0 radical (unpaired) electrons. The maximum absolute atomic E-state index is 12.6. The van der Waals surface area contributed by atoms with Crippen molar-refractivity contribution >= 4 is 10.0 Å². The molecular formula is C19H25N2O3S+. The molecule has 5 nitrogen and oxygen atoms in total. The summed E-state index contributed by atoms with van der Waals surface area (Å²) in [5, 5.41) is 0. The van der Waals surface area contributed by atoms with Gasteiger partial charge >= 0.3 is 0 Å². The number of ether oxygens (including phenoxy) is 1. The largest absolute Gasteiger partial charge is 0.370 e. The van der Waals surface area contributed by atoms with Crippen molar-refractivity contribution in [3.05, 3.63) is 66.2 Å². The van der Waals surface area contributed by atoms with Gasteiger partial charge < -0.3 is 9.64 Å². The summed E-state index contributed by atoms with van der Waals surface area (Å²) in [4.78, 5) is 1.63. The minimum absolute atomic E-state index is 0.294. The van der Waals surface area contributed by atoms with Crippen LogP contribution in [0.5, 0.6) is 0 Å². The van der Waals surface area contributed by atoms with Crippen LogP contribution in [-0.2, 0) is 20.3 Å². The molecule has 134 valence electrons. The minimum atomic E-state index is -3.53. The molecule has 25 heavy (non-hydrogen) atoms. The molecule has 0 unspecified atom stereocenters. The van der Waals surface area contributed by atoms with E-state index >= 15 is 0 Å². The molecule has 0 saturated carbocycles. The molecule has 1 fully saturated rings. The van der Waals surface area contributed by atoms with Gasteiger partial charge in [-0.15, -0.1) is 0 Å². The molecule has 0 aromatic heterocycles. The lowest BCUT2D eigenvalue weighted by Gasteiger charge is -2.40. The highest BCUT2D eigenvalue weighted by molar-refractivity contribution is 7.89. The highest BCUT2D eigenvalue weighted by Gasteiger charge is 2.39. The number of nitrogens with one attached hydrogen (secondary N) is 2. The third-order valence-corrected chi connectivity index (χ3v) is 6.37. The molecule has 0 amide bonds. The zero-order chi connectivity index (χ0) is 17.8. The van der Waals surface area contributed by atoms with Crippen molar-refractivity contribution in [3.8, 4) is 0 Å². The third-order valence-electron chi connectivity index (χ3n) is 4.96. The van der Waals surface area contributed by atoms with Crippen LogP contribution in [0.1, 0.15) is 12.5 Å². The number of hydrogen-bond acceptors (Lipinski definition) is 3. The van der Waals surface area contributed by atoms with E-state index in [1.54, 1.807) is 24.3 Å². The van der Waals surface area contributed by atoms with Crippen LogP contribution < -0.4 is 9.62 Å². The van der Waals surface area contributed by atoms with E-state index in [2.05, 4.69) is 23.8 Å². The average molecular weight is 361 g/mol. The molecule has 1 atom stereocenters. The molecular weight excluding hydrogens is 336 g/mol. The van der Waals surface area contributed by atoms with Crippen molar-refractivity contribution in [2.75, 3.05) is 32.8 Å². The lowest BCUT2D eigenvalue weighted by molar-refractivity contribution is -0.964. The van der Waals surface area contributed by atoms with Gasteiger partial charge in [0.1, 0.15) is 18.6 Å². The van der Waals surface area contributed by atoms with Crippen molar-refractivity contribution in [2.45, 2.75) is 17.4 Å². The number of rotatable bonds is 6. The quantitative estimate of drug-likeness (QED) is 0.800. The first-order chi connectivity index (χ1) is 12.0. The van der Waals surface area contributed by atoms with E-state index in [0.717, 1.165) is 18.7 Å². The van der Waals surface area contributed by atoms with Crippen molar-refractivity contribution < 1.29 is 18.1 Å². The van der Waals surface area contributed by atoms with Gasteiger partial charge in [0.2, 0.25) is 10.0 Å². The van der Waals surface area contributed by atoms with E-state index < -0.39 is 10.0 Å². The van der Waals surface area contributed by atoms with Crippen LogP contribution in [0.4, 0.5) is 0 Å². The van der Waals surface area contributed by atoms with Gasteiger partial charge in [-0.3, -0.25) is 0 Å². The Morgan fingerprint density at radius 1 is 1.00 bits per heavy atom. The number of hydrogen-bond donors (Lipinski definition) is 2. The van der Waals surface area contributed by atoms with Crippen molar-refractivity contribution in [1.29, 1.82) is 0 Å². The Labute approximate surface area is 149 Å². The smallest absolute Gasteiger partial charge is 0.240 e. The van der Waals surface area contributed by atoms with Gasteiger partial charge in [-0.2, -0.15) is 0 Å². The molecule has 3 rings (SSSR count). The average Bonchev–Trinajstić information content (AvgIpc) is 2.68. The van der Waals surface area contributed by atoms with E-state index in [4.69, 9.17) is 4.74 Å². The van der Waals surface area contributed by atoms with Gasteiger partial charge in [0.05, 0.1) is 24.7 Å². The predicted molar refractivity (Wildman–Crippen MR) is 96.9 cm³/mol. The van der Waals surface area contributed by atoms with Crippen molar-refractivity contribution in [1.82, 2.24) is 4.72 Å². The van der Waals surface area contributed by atoms with Gasteiger partial charge in [-0.1, -0.05) is 48.5 Å². The third kappa shape index (κ3) is 4.10. The number of benzene rings is 2. The molecule has 0 aliphatic carbocycles. The molecule has 1 aliphatic rings. The highest BCUT2D eigenvalue weighted by atomic mass is 32.2. The van der Waals surface area contributed by atoms with E-state index in [-0.39, 0.29) is 5.54 Å². The summed E-state index contributed by atoms with van der Waals surface area (Å²) >= 11 is 0. The minimum Gasteiger partial charge on any atom is -0.370 e. The molecule has 2 N–H and O–H groups in total. The van der Waals surface area contributed by atoms with Gasteiger partial charge in [-0.25, -0.2) is 13.1 Å². The fourth-order valence-corrected chi connectivity index (χ4v) is 4.49. The Bertz CT molecular complexity index is 775. The Morgan fingerprint density at radius 3 is 2.16 bits per heavy atom. The number of sulfonamides is 1. The topological polar surface area (TPSA) is 59.8 Å². The van der Waals surface area contributed by atoms with Gasteiger partial charge in [0.15, 0.2) is 0 Å². The first-order valence-electron chi connectivity index (χ1n) is 8.55. The molecule has 6 heteroatoms. The van der Waals surface area contributed by atoms with E-state index in [0.29, 0.717) is 24.7 Å². The number of quaternary nitrogens is 1. The summed E-state index contributed by atoms with van der Waals surface area (Å²) in [6.07, 6.45) is 0. The molecule has 2 aromatic carbocycles. The molecule has 1 aliphatic heterocycles. The SMILES string of the molecule is C[C@@](CNS(=O)(=O)c1ccccc1)(c1ccccc1)[NH+]1CCOCC1. The van der Waals surface area contributed by atoms with Crippen molar-refractivity contribution in [2.24, 2.45) is 0 Å². The standard InChI is InChI=1S/C19H24N2O3S/c1-19(17-8-4-2-5-9-17,21-12-14-24-15-13-21)16-20-25(22,23)18-10-6-3-7-11-18/h2-11,20H,12-16H2,1H3/p+1/t19-/m1/s1. The summed E-state index contributed by atoms with van der Waals surface area (Å²) in [6.45, 7) is 5.57. The van der Waals surface area contributed by atoms with Crippen LogP contribution >= 0.6 is 0 Å². The van der Waals surface area contributed by atoms with Gasteiger partial charge in [0, 0.05) is 5.56 Å². The molecule has 0 bridgehead atoms. The lowest BCUT2D eigenvalue weighted by Crippen LogP contribution is -3.21. The second kappa shape index (κ2) is 7.66. The summed E-state index contributed by atoms with van der Waals surface area (Å²) in [5.74, 6) is 0. The molecule has 1 heterocycles. The monoisotopic (exact) mass is 361 g/mol. The maximum atomic E-state index is 12.6. The Morgan fingerprint density at radius 2 is 1.56 bits per heavy atom. The Balaban J connectivity index is 1.85. The first-order valence-corrected chi connectivity index (χ1v) is 10.0. The fourth-order valence-electron chi connectivity index (χ4n) is 3.33. The first kappa shape index (κ1) is 18.1. The van der Waals surface area contributed by atoms with E-state index in [9.17, 15) is 8.42 Å². The van der Waals surface area contributed by atoms with Gasteiger partial charge in [0.25, 0.3) is 0 Å². The second-order valence-corrected chi connectivity index (χ2v) is 8.32. The molecule has 2 aromatic rings. The molecule has 1 saturated heterocycles. The maximum Gasteiger partial charge on any atom is 0.240 e. The Hall–Kier alpha value is -1.73. The predicted octanol–water partition coefficient (Wildman–Crippen LogP) is 0.795. The van der Waals surface area contributed by atoms with E-state index in [1.807, 2.05) is 24.3 Å². The Kier molecular flexibility index (Phi) is 5.54. The lowest BCUT2D eigenvalue weighted by atomic mass is 9.89. The zero-order valence-electron chi connectivity index (χ0n) is 14.4. The van der Waals surface area contributed by atoms with Crippen LogP contribution in [0.2, 0.25) is 0 Å². The van der Waals surface area contributed by atoms with Crippen LogP contribution in [0.15, 0.2) is 65.6 Å². The highest BCUT2D eigenvalue weighted by Crippen LogP contribution is 2.18. The van der Waals surface area contributed by atoms with Crippen LogP contribution in [0.25, 0.3) is 0 Å². The van der Waals surface area contributed by atoms with Crippen molar-refractivity contribution in [3.63, 3.8) is 0 Å². The summed E-state index contributed by atoms with van der Waals surface area (Å²) < 4.78 is 33.6. The summed E-state index contributed by atoms with van der Waals surface area (Å²) in [5.41, 5.74) is 0.773. The fraction of sp³-hybridized carbons (Fsp3) is 0.368. The van der Waals surface area contributed by atoms with E-state index in [1.165, 1.54) is 4.90 Å². The molecule has 0 spiro atoms. The summed E-state index contributed by atoms with van der Waals surface area (Å²) in [6, 6.07) is 18.6. The normalized spacial score (nSPS) is 18.6. The number of morpholine rings is 1. The second-order valence-electron chi connectivity index (χ2n) is 6.55.